The van der Waals surface area contributed by atoms with Crippen LogP contribution in [0.4, 0.5) is 0 Å². The number of rotatable bonds is 13. The summed E-state index contributed by atoms with van der Waals surface area (Å²) in [4.78, 5) is 10.6. The Balaban J connectivity index is 1.98. The Morgan fingerprint density at radius 1 is 1.00 bits per heavy atom. The van der Waals surface area contributed by atoms with Gasteiger partial charge in [-0.2, -0.15) is 8.42 Å². The van der Waals surface area contributed by atoms with Crippen LogP contribution in [-0.4, -0.2) is 31.6 Å². The third-order valence-electron chi connectivity index (χ3n) is 3.65. The first kappa shape index (κ1) is 20.9. The molecule has 0 saturated heterocycles. The molecule has 0 spiro atoms. The van der Waals surface area contributed by atoms with Crippen molar-refractivity contribution in [1.29, 1.82) is 0 Å². The SMILES string of the molecule is O=Cc1ccc(OCCCCCCCCCCS(=O)(=O)O)c(Cl)c1. The minimum Gasteiger partial charge on any atom is -0.492 e. The molecule has 0 radical (unpaired) electrons. The van der Waals surface area contributed by atoms with Crippen LogP contribution in [0.25, 0.3) is 0 Å². The number of carbonyl (C=O) groups excluding carboxylic acids is 1. The molecule has 0 aliphatic rings. The monoisotopic (exact) mass is 376 g/mol. The van der Waals surface area contributed by atoms with E-state index in [1.165, 1.54) is 0 Å². The molecule has 0 aromatic heterocycles. The third-order valence-corrected chi connectivity index (χ3v) is 4.75. The highest BCUT2D eigenvalue weighted by molar-refractivity contribution is 7.85. The summed E-state index contributed by atoms with van der Waals surface area (Å²) in [6.45, 7) is 0.592. The number of hydrogen-bond donors (Lipinski definition) is 1. The van der Waals surface area contributed by atoms with Crippen molar-refractivity contribution in [2.24, 2.45) is 0 Å². The van der Waals surface area contributed by atoms with Crippen molar-refractivity contribution in [3.05, 3.63) is 28.8 Å². The van der Waals surface area contributed by atoms with Crippen LogP contribution in [0.3, 0.4) is 0 Å². The molecule has 7 heteroatoms. The molecular weight excluding hydrogens is 352 g/mol. The van der Waals surface area contributed by atoms with E-state index in [2.05, 4.69) is 0 Å². The zero-order valence-electron chi connectivity index (χ0n) is 13.7. The average molecular weight is 377 g/mol. The van der Waals surface area contributed by atoms with Gasteiger partial charge in [0, 0.05) is 5.56 Å². The van der Waals surface area contributed by atoms with Crippen LogP contribution in [0, 0.1) is 0 Å². The quantitative estimate of drug-likeness (QED) is 0.310. The number of benzene rings is 1. The molecule has 24 heavy (non-hydrogen) atoms. The molecule has 0 aliphatic heterocycles. The highest BCUT2D eigenvalue weighted by Gasteiger charge is 2.04. The number of hydrogen-bond acceptors (Lipinski definition) is 4. The van der Waals surface area contributed by atoms with Gasteiger partial charge in [-0.1, -0.05) is 50.1 Å². The molecule has 0 amide bonds. The van der Waals surface area contributed by atoms with Gasteiger partial charge in [-0.15, -0.1) is 0 Å². The maximum atomic E-state index is 10.6. The highest BCUT2D eigenvalue weighted by Crippen LogP contribution is 2.25. The Bertz CT molecular complexity index is 601. The van der Waals surface area contributed by atoms with Crippen molar-refractivity contribution in [3.8, 4) is 5.75 Å². The summed E-state index contributed by atoms with van der Waals surface area (Å²) in [6.07, 6.45) is 8.40. The highest BCUT2D eigenvalue weighted by atomic mass is 35.5. The largest absolute Gasteiger partial charge is 0.492 e. The number of unbranched alkanes of at least 4 members (excludes halogenated alkanes) is 7. The first-order valence-corrected chi connectivity index (χ1v) is 10.2. The molecule has 0 heterocycles. The number of aldehydes is 1. The average Bonchev–Trinajstić information content (AvgIpc) is 2.52. The first-order valence-electron chi connectivity index (χ1n) is 8.25. The van der Waals surface area contributed by atoms with Gasteiger partial charge in [0.15, 0.2) is 0 Å². The van der Waals surface area contributed by atoms with E-state index in [9.17, 15) is 13.2 Å². The van der Waals surface area contributed by atoms with Crippen LogP contribution in [-0.2, 0) is 10.1 Å². The summed E-state index contributed by atoms with van der Waals surface area (Å²) in [6, 6.07) is 4.97. The Kier molecular flexibility index (Phi) is 9.98. The van der Waals surface area contributed by atoms with Gasteiger partial charge in [0.2, 0.25) is 0 Å². The molecule has 1 rings (SSSR count). The van der Waals surface area contributed by atoms with Crippen LogP contribution < -0.4 is 4.74 Å². The second-order valence-corrected chi connectivity index (χ2v) is 7.75. The van der Waals surface area contributed by atoms with Crippen LogP contribution in [0.2, 0.25) is 5.02 Å². The third kappa shape index (κ3) is 9.90. The van der Waals surface area contributed by atoms with Crippen molar-refractivity contribution < 1.29 is 22.5 Å². The van der Waals surface area contributed by atoms with Gasteiger partial charge in [-0.25, -0.2) is 0 Å². The van der Waals surface area contributed by atoms with E-state index in [1.807, 2.05) is 0 Å². The lowest BCUT2D eigenvalue weighted by molar-refractivity contribution is 0.112. The van der Waals surface area contributed by atoms with Crippen LogP contribution >= 0.6 is 11.6 Å². The molecule has 1 aromatic rings. The van der Waals surface area contributed by atoms with Gasteiger partial charge in [0.25, 0.3) is 10.1 Å². The Morgan fingerprint density at radius 3 is 2.12 bits per heavy atom. The molecular formula is C17H25ClO5S. The Morgan fingerprint density at radius 2 is 1.58 bits per heavy atom. The van der Waals surface area contributed by atoms with Gasteiger partial charge < -0.3 is 4.74 Å². The standard InChI is InChI=1S/C17H25ClO5S/c18-16-13-15(14-19)9-10-17(16)23-11-7-5-3-1-2-4-6-8-12-24(20,21)22/h9-10,13-14H,1-8,11-12H2,(H,20,21,22). The predicted molar refractivity (Wildman–Crippen MR) is 95.7 cm³/mol. The molecule has 5 nitrogen and oxygen atoms in total. The van der Waals surface area contributed by atoms with Crippen molar-refractivity contribution in [1.82, 2.24) is 0 Å². The van der Waals surface area contributed by atoms with E-state index in [-0.39, 0.29) is 5.75 Å². The van der Waals surface area contributed by atoms with Gasteiger partial charge in [-0.3, -0.25) is 9.35 Å². The fourth-order valence-corrected chi connectivity index (χ4v) is 3.15. The number of halogens is 1. The zero-order chi connectivity index (χ0) is 17.8. The minimum atomic E-state index is -3.80. The van der Waals surface area contributed by atoms with Crippen molar-refractivity contribution in [3.63, 3.8) is 0 Å². The van der Waals surface area contributed by atoms with Crippen molar-refractivity contribution in [2.75, 3.05) is 12.4 Å². The summed E-state index contributed by atoms with van der Waals surface area (Å²) in [5, 5.41) is 0.449. The van der Waals surface area contributed by atoms with E-state index >= 15 is 0 Å². The molecule has 0 fully saturated rings. The normalized spacial score (nSPS) is 11.4. The van der Waals surface area contributed by atoms with Crippen LogP contribution in [0.1, 0.15) is 61.7 Å². The van der Waals surface area contributed by atoms with Gasteiger partial charge >= 0.3 is 0 Å². The van der Waals surface area contributed by atoms with Crippen molar-refractivity contribution in [2.45, 2.75) is 51.4 Å². The molecule has 0 bridgehead atoms. The maximum absolute atomic E-state index is 10.6. The lowest BCUT2D eigenvalue weighted by Crippen LogP contribution is -2.03. The summed E-state index contributed by atoms with van der Waals surface area (Å²) >= 11 is 6.02. The number of ether oxygens (including phenoxy) is 1. The predicted octanol–water partition coefficient (Wildman–Crippen LogP) is 4.54. The van der Waals surface area contributed by atoms with E-state index < -0.39 is 10.1 Å². The van der Waals surface area contributed by atoms with Crippen molar-refractivity contribution >= 4 is 28.0 Å². The number of carbonyl (C=O) groups is 1. The lowest BCUT2D eigenvalue weighted by Gasteiger charge is -2.08. The van der Waals surface area contributed by atoms with Crippen LogP contribution in [0.15, 0.2) is 18.2 Å². The maximum Gasteiger partial charge on any atom is 0.264 e. The molecule has 0 aliphatic carbocycles. The van der Waals surface area contributed by atoms with E-state index in [0.29, 0.717) is 29.4 Å². The molecule has 136 valence electrons. The summed E-state index contributed by atoms with van der Waals surface area (Å²) < 4.78 is 35.3. The topological polar surface area (TPSA) is 80.7 Å². The Hall–Kier alpha value is -1.11. The van der Waals surface area contributed by atoms with Gasteiger partial charge in [-0.05, 0) is 31.0 Å². The fourth-order valence-electron chi connectivity index (χ4n) is 2.34. The summed E-state index contributed by atoms with van der Waals surface area (Å²) in [5.41, 5.74) is 0.531. The molecule has 1 aromatic carbocycles. The second-order valence-electron chi connectivity index (χ2n) is 5.77. The van der Waals surface area contributed by atoms with E-state index in [4.69, 9.17) is 20.9 Å². The zero-order valence-corrected chi connectivity index (χ0v) is 15.3. The van der Waals surface area contributed by atoms with Gasteiger partial charge in [0.05, 0.1) is 17.4 Å². The molecule has 1 N–H and O–H groups in total. The van der Waals surface area contributed by atoms with E-state index in [0.717, 1.165) is 51.2 Å². The second kappa shape index (κ2) is 11.4. The van der Waals surface area contributed by atoms with Gasteiger partial charge in [0.1, 0.15) is 12.0 Å². The van der Waals surface area contributed by atoms with Crippen LogP contribution in [0.5, 0.6) is 5.75 Å². The molecule has 0 saturated carbocycles. The fraction of sp³-hybridized carbons (Fsp3) is 0.588. The summed E-state index contributed by atoms with van der Waals surface area (Å²) in [5.74, 6) is 0.460. The van der Waals surface area contributed by atoms with E-state index in [1.54, 1.807) is 18.2 Å². The molecule has 0 atom stereocenters. The molecule has 0 unspecified atom stereocenters. The minimum absolute atomic E-state index is 0.138. The Labute approximate surface area is 149 Å². The summed E-state index contributed by atoms with van der Waals surface area (Å²) in [7, 11) is -3.80. The lowest BCUT2D eigenvalue weighted by atomic mass is 10.1. The first-order chi connectivity index (χ1) is 11.4. The smallest absolute Gasteiger partial charge is 0.264 e.